The second kappa shape index (κ2) is 6.39. The lowest BCUT2D eigenvalue weighted by Crippen LogP contribution is -2.37. The Hall–Kier alpha value is -2.02. The molecule has 0 radical (unpaired) electrons. The minimum atomic E-state index is 0.0741. The van der Waals surface area contributed by atoms with E-state index in [1.54, 1.807) is 18.8 Å². The molecule has 22 heavy (non-hydrogen) atoms. The molecule has 1 aromatic carbocycles. The maximum atomic E-state index is 12.6. The summed E-state index contributed by atoms with van der Waals surface area (Å²) >= 11 is 1.89. The molecule has 116 valence electrons. The van der Waals surface area contributed by atoms with Gasteiger partial charge in [0.25, 0.3) is 5.91 Å². The molecule has 0 aliphatic carbocycles. The Morgan fingerprint density at radius 1 is 1.32 bits per heavy atom. The number of carbonyl (C=O) groups excluding carboxylic acids is 1. The summed E-state index contributed by atoms with van der Waals surface area (Å²) in [6.45, 7) is 1.62. The molecule has 1 aliphatic heterocycles. The predicted octanol–water partition coefficient (Wildman–Crippen LogP) is 1.68. The van der Waals surface area contributed by atoms with Crippen LogP contribution in [0.5, 0.6) is 6.01 Å². The maximum Gasteiger partial charge on any atom is 0.314 e. The van der Waals surface area contributed by atoms with Gasteiger partial charge < -0.3 is 9.64 Å². The highest BCUT2D eigenvalue weighted by Crippen LogP contribution is 2.21. The SMILES string of the molecule is COc1nc(-c2cccc(C(=O)N3CCSCC3)c2)nn1C. The van der Waals surface area contributed by atoms with E-state index >= 15 is 0 Å². The summed E-state index contributed by atoms with van der Waals surface area (Å²) in [6.07, 6.45) is 0. The van der Waals surface area contributed by atoms with Crippen molar-refractivity contribution in [3.63, 3.8) is 0 Å². The first-order valence-corrected chi connectivity index (χ1v) is 8.27. The van der Waals surface area contributed by atoms with Crippen molar-refractivity contribution in [3.8, 4) is 17.4 Å². The fourth-order valence-electron chi connectivity index (χ4n) is 2.41. The number of rotatable bonds is 3. The molecular weight excluding hydrogens is 300 g/mol. The minimum Gasteiger partial charge on any atom is -0.467 e. The Labute approximate surface area is 133 Å². The molecule has 3 rings (SSSR count). The average molecular weight is 318 g/mol. The van der Waals surface area contributed by atoms with Crippen molar-refractivity contribution < 1.29 is 9.53 Å². The number of carbonyl (C=O) groups is 1. The first-order chi connectivity index (χ1) is 10.7. The largest absolute Gasteiger partial charge is 0.467 e. The van der Waals surface area contributed by atoms with E-state index in [4.69, 9.17) is 4.74 Å². The molecule has 0 atom stereocenters. The molecule has 0 N–H and O–H groups in total. The molecular formula is C15H18N4O2S. The van der Waals surface area contributed by atoms with Gasteiger partial charge in [0.15, 0.2) is 5.82 Å². The summed E-state index contributed by atoms with van der Waals surface area (Å²) < 4.78 is 6.71. The van der Waals surface area contributed by atoms with Crippen molar-refractivity contribution in [1.82, 2.24) is 19.7 Å². The molecule has 2 heterocycles. The smallest absolute Gasteiger partial charge is 0.314 e. The van der Waals surface area contributed by atoms with Crippen LogP contribution in [0.1, 0.15) is 10.4 Å². The number of amides is 1. The fraction of sp³-hybridized carbons (Fsp3) is 0.400. The summed E-state index contributed by atoms with van der Waals surface area (Å²) in [5, 5.41) is 4.32. The number of hydrogen-bond donors (Lipinski definition) is 0. The Morgan fingerprint density at radius 3 is 2.77 bits per heavy atom. The van der Waals surface area contributed by atoms with Gasteiger partial charge in [-0.1, -0.05) is 12.1 Å². The highest BCUT2D eigenvalue weighted by atomic mass is 32.2. The summed E-state index contributed by atoms with van der Waals surface area (Å²) in [7, 11) is 3.33. The number of methoxy groups -OCH3 is 1. The number of aryl methyl sites for hydroxylation is 1. The normalized spacial score (nSPS) is 14.9. The molecule has 2 aromatic rings. The Balaban J connectivity index is 1.86. The van der Waals surface area contributed by atoms with Crippen molar-refractivity contribution in [2.75, 3.05) is 31.7 Å². The standard InChI is InChI=1S/C15H18N4O2S/c1-18-15(21-2)16-13(17-18)11-4-3-5-12(10-11)14(20)19-6-8-22-9-7-19/h3-5,10H,6-9H2,1-2H3. The van der Waals surface area contributed by atoms with Gasteiger partial charge in [-0.2, -0.15) is 16.7 Å². The van der Waals surface area contributed by atoms with Gasteiger partial charge in [0, 0.05) is 42.8 Å². The lowest BCUT2D eigenvalue weighted by atomic mass is 10.1. The van der Waals surface area contributed by atoms with E-state index in [1.807, 2.05) is 40.9 Å². The maximum absolute atomic E-state index is 12.6. The van der Waals surface area contributed by atoms with Gasteiger partial charge in [0.05, 0.1) is 7.11 Å². The van der Waals surface area contributed by atoms with Gasteiger partial charge in [-0.05, 0) is 12.1 Å². The van der Waals surface area contributed by atoms with Gasteiger partial charge in [-0.15, -0.1) is 5.10 Å². The van der Waals surface area contributed by atoms with Crippen LogP contribution in [-0.4, -0.2) is 57.3 Å². The van der Waals surface area contributed by atoms with E-state index in [-0.39, 0.29) is 5.91 Å². The lowest BCUT2D eigenvalue weighted by molar-refractivity contribution is 0.0772. The third-order valence-electron chi connectivity index (χ3n) is 3.57. The zero-order valence-corrected chi connectivity index (χ0v) is 13.5. The summed E-state index contributed by atoms with van der Waals surface area (Å²) in [4.78, 5) is 18.8. The van der Waals surface area contributed by atoms with Crippen LogP contribution in [0.2, 0.25) is 0 Å². The number of aromatic nitrogens is 3. The van der Waals surface area contributed by atoms with Crippen LogP contribution in [0.4, 0.5) is 0 Å². The van der Waals surface area contributed by atoms with Crippen LogP contribution in [-0.2, 0) is 7.05 Å². The molecule has 0 bridgehead atoms. The van der Waals surface area contributed by atoms with E-state index in [9.17, 15) is 4.79 Å². The average Bonchev–Trinajstić information content (AvgIpc) is 2.96. The number of nitrogens with zero attached hydrogens (tertiary/aromatic N) is 4. The zero-order chi connectivity index (χ0) is 15.5. The number of hydrogen-bond acceptors (Lipinski definition) is 5. The molecule has 6 nitrogen and oxygen atoms in total. The summed E-state index contributed by atoms with van der Waals surface area (Å²) in [6, 6.07) is 7.90. The van der Waals surface area contributed by atoms with E-state index in [0.29, 0.717) is 17.4 Å². The van der Waals surface area contributed by atoms with E-state index < -0.39 is 0 Å². The van der Waals surface area contributed by atoms with Crippen molar-refractivity contribution in [2.24, 2.45) is 7.05 Å². The second-order valence-corrected chi connectivity index (χ2v) is 6.26. The van der Waals surface area contributed by atoms with Crippen LogP contribution < -0.4 is 4.74 Å². The zero-order valence-electron chi connectivity index (χ0n) is 12.7. The summed E-state index contributed by atoms with van der Waals surface area (Å²) in [5.74, 6) is 2.64. The van der Waals surface area contributed by atoms with Gasteiger partial charge in [0.2, 0.25) is 0 Å². The number of thioether (sulfide) groups is 1. The Kier molecular flexibility index (Phi) is 4.33. The van der Waals surface area contributed by atoms with E-state index in [1.165, 1.54) is 0 Å². The first kappa shape index (κ1) is 14.9. The molecule has 1 saturated heterocycles. The third kappa shape index (κ3) is 2.94. The van der Waals surface area contributed by atoms with Crippen LogP contribution in [0.15, 0.2) is 24.3 Å². The van der Waals surface area contributed by atoms with Crippen molar-refractivity contribution in [2.45, 2.75) is 0 Å². The van der Waals surface area contributed by atoms with Gasteiger partial charge >= 0.3 is 6.01 Å². The van der Waals surface area contributed by atoms with Crippen LogP contribution >= 0.6 is 11.8 Å². The minimum absolute atomic E-state index is 0.0741. The predicted molar refractivity (Wildman–Crippen MR) is 86.2 cm³/mol. The Morgan fingerprint density at radius 2 is 2.09 bits per heavy atom. The third-order valence-corrected chi connectivity index (χ3v) is 4.51. The quantitative estimate of drug-likeness (QED) is 0.862. The van der Waals surface area contributed by atoms with Crippen molar-refractivity contribution >= 4 is 17.7 Å². The highest BCUT2D eigenvalue weighted by Gasteiger charge is 2.19. The lowest BCUT2D eigenvalue weighted by Gasteiger charge is -2.26. The van der Waals surface area contributed by atoms with Gasteiger partial charge in [0.1, 0.15) is 0 Å². The number of ether oxygens (including phenoxy) is 1. The van der Waals surface area contributed by atoms with Crippen LogP contribution in [0.3, 0.4) is 0 Å². The van der Waals surface area contributed by atoms with E-state index in [2.05, 4.69) is 10.1 Å². The number of benzene rings is 1. The van der Waals surface area contributed by atoms with Crippen molar-refractivity contribution in [3.05, 3.63) is 29.8 Å². The second-order valence-electron chi connectivity index (χ2n) is 5.03. The molecule has 1 aromatic heterocycles. The molecule has 0 spiro atoms. The van der Waals surface area contributed by atoms with Crippen molar-refractivity contribution in [1.29, 1.82) is 0 Å². The van der Waals surface area contributed by atoms with Crippen LogP contribution in [0, 0.1) is 0 Å². The monoisotopic (exact) mass is 318 g/mol. The molecule has 7 heteroatoms. The molecule has 0 unspecified atom stereocenters. The van der Waals surface area contributed by atoms with Crippen LogP contribution in [0.25, 0.3) is 11.4 Å². The molecule has 1 fully saturated rings. The topological polar surface area (TPSA) is 60.2 Å². The molecule has 1 aliphatic rings. The Bertz CT molecular complexity index is 680. The highest BCUT2D eigenvalue weighted by molar-refractivity contribution is 7.99. The molecule has 0 saturated carbocycles. The fourth-order valence-corrected chi connectivity index (χ4v) is 3.31. The summed E-state index contributed by atoms with van der Waals surface area (Å²) in [5.41, 5.74) is 1.49. The molecule has 1 amide bonds. The van der Waals surface area contributed by atoms with Gasteiger partial charge in [-0.25, -0.2) is 4.68 Å². The van der Waals surface area contributed by atoms with E-state index in [0.717, 1.165) is 30.2 Å². The van der Waals surface area contributed by atoms with Gasteiger partial charge in [-0.3, -0.25) is 4.79 Å². The first-order valence-electron chi connectivity index (χ1n) is 7.11.